The van der Waals surface area contributed by atoms with E-state index in [0.29, 0.717) is 36.7 Å². The fraction of sp³-hybridized carbons (Fsp3) is 0.316. The molecule has 136 valence electrons. The van der Waals surface area contributed by atoms with Gasteiger partial charge in [0.25, 0.3) is 5.69 Å². The van der Waals surface area contributed by atoms with Crippen LogP contribution in [0, 0.1) is 17.0 Å². The van der Waals surface area contributed by atoms with Crippen LogP contribution in [0.3, 0.4) is 0 Å². The number of nitro groups is 1. The van der Waals surface area contributed by atoms with Crippen molar-refractivity contribution >= 4 is 28.9 Å². The van der Waals surface area contributed by atoms with E-state index in [1.54, 1.807) is 17.0 Å². The molecule has 0 radical (unpaired) electrons. The van der Waals surface area contributed by atoms with Crippen molar-refractivity contribution in [2.24, 2.45) is 0 Å². The SMILES string of the molecule is Cc1cc(Cl)ccc1OCCCC(=O)N1CCc2ccc([N+](=O)[O-])cc21. The number of aryl methyl sites for hydroxylation is 1. The van der Waals surface area contributed by atoms with E-state index in [-0.39, 0.29) is 11.6 Å². The molecular formula is C19H19ClN2O4. The predicted octanol–water partition coefficient (Wildman–Crippen LogP) is 4.30. The zero-order valence-electron chi connectivity index (χ0n) is 14.4. The topological polar surface area (TPSA) is 72.7 Å². The summed E-state index contributed by atoms with van der Waals surface area (Å²) in [6.45, 7) is 2.90. The number of carbonyl (C=O) groups excluding carboxylic acids is 1. The third-order valence-electron chi connectivity index (χ3n) is 4.41. The van der Waals surface area contributed by atoms with Crippen molar-refractivity contribution in [3.63, 3.8) is 0 Å². The normalized spacial score (nSPS) is 12.8. The van der Waals surface area contributed by atoms with E-state index in [9.17, 15) is 14.9 Å². The average molecular weight is 375 g/mol. The molecule has 0 N–H and O–H groups in total. The lowest BCUT2D eigenvalue weighted by Gasteiger charge is -2.17. The molecule has 3 rings (SSSR count). The number of fused-ring (bicyclic) bond motifs is 1. The monoisotopic (exact) mass is 374 g/mol. The first kappa shape index (κ1) is 18.2. The Balaban J connectivity index is 1.55. The van der Waals surface area contributed by atoms with Gasteiger partial charge in [-0.15, -0.1) is 0 Å². The molecule has 0 spiro atoms. The molecule has 2 aromatic carbocycles. The van der Waals surface area contributed by atoms with Crippen molar-refractivity contribution in [2.45, 2.75) is 26.2 Å². The summed E-state index contributed by atoms with van der Waals surface area (Å²) in [5.41, 5.74) is 2.57. The van der Waals surface area contributed by atoms with E-state index in [2.05, 4.69) is 0 Å². The third-order valence-corrected chi connectivity index (χ3v) is 4.64. The number of nitrogens with zero attached hydrogens (tertiary/aromatic N) is 2. The number of hydrogen-bond acceptors (Lipinski definition) is 4. The number of benzene rings is 2. The first-order valence-electron chi connectivity index (χ1n) is 8.42. The van der Waals surface area contributed by atoms with E-state index in [4.69, 9.17) is 16.3 Å². The molecule has 1 aliphatic rings. The molecule has 0 saturated heterocycles. The minimum absolute atomic E-state index is 0.00463. The zero-order valence-corrected chi connectivity index (χ0v) is 15.2. The maximum atomic E-state index is 12.5. The molecule has 0 aromatic heterocycles. The Morgan fingerprint density at radius 1 is 1.31 bits per heavy atom. The highest BCUT2D eigenvalue weighted by atomic mass is 35.5. The van der Waals surface area contributed by atoms with Gasteiger partial charge in [0.05, 0.1) is 17.2 Å². The summed E-state index contributed by atoms with van der Waals surface area (Å²) in [5.74, 6) is 0.713. The summed E-state index contributed by atoms with van der Waals surface area (Å²) in [4.78, 5) is 24.6. The predicted molar refractivity (Wildman–Crippen MR) is 100 cm³/mol. The Morgan fingerprint density at radius 3 is 2.85 bits per heavy atom. The number of ether oxygens (including phenoxy) is 1. The van der Waals surface area contributed by atoms with Crippen LogP contribution in [0.25, 0.3) is 0 Å². The highest BCUT2D eigenvalue weighted by Gasteiger charge is 2.26. The number of nitro benzene ring substituents is 1. The van der Waals surface area contributed by atoms with Crippen LogP contribution < -0.4 is 9.64 Å². The molecule has 1 heterocycles. The molecule has 1 amide bonds. The van der Waals surface area contributed by atoms with Crippen molar-refractivity contribution in [1.29, 1.82) is 0 Å². The fourth-order valence-electron chi connectivity index (χ4n) is 3.06. The summed E-state index contributed by atoms with van der Waals surface area (Å²) in [6.07, 6.45) is 1.62. The minimum Gasteiger partial charge on any atom is -0.493 e. The fourth-order valence-corrected chi connectivity index (χ4v) is 3.28. The Labute approximate surface area is 156 Å². The van der Waals surface area contributed by atoms with Crippen molar-refractivity contribution in [2.75, 3.05) is 18.1 Å². The quantitative estimate of drug-likeness (QED) is 0.429. The molecule has 6 nitrogen and oxygen atoms in total. The number of hydrogen-bond donors (Lipinski definition) is 0. The Bertz CT molecular complexity index is 853. The second kappa shape index (κ2) is 7.74. The molecule has 26 heavy (non-hydrogen) atoms. The van der Waals surface area contributed by atoms with Crippen LogP contribution in [0.2, 0.25) is 5.02 Å². The lowest BCUT2D eigenvalue weighted by atomic mass is 10.1. The van der Waals surface area contributed by atoms with Gasteiger partial charge in [0.15, 0.2) is 0 Å². The van der Waals surface area contributed by atoms with Crippen LogP contribution in [0.15, 0.2) is 36.4 Å². The second-order valence-corrected chi connectivity index (χ2v) is 6.66. The van der Waals surface area contributed by atoms with Gasteiger partial charge >= 0.3 is 0 Å². The summed E-state index contributed by atoms with van der Waals surface area (Å²) < 4.78 is 5.71. The first-order chi connectivity index (χ1) is 12.5. The molecule has 0 saturated carbocycles. The van der Waals surface area contributed by atoms with Gasteiger partial charge in [0.1, 0.15) is 5.75 Å². The molecule has 7 heteroatoms. The van der Waals surface area contributed by atoms with Crippen LogP contribution >= 0.6 is 11.6 Å². The van der Waals surface area contributed by atoms with Gasteiger partial charge in [-0.3, -0.25) is 14.9 Å². The number of carbonyl (C=O) groups is 1. The van der Waals surface area contributed by atoms with Crippen LogP contribution in [0.4, 0.5) is 11.4 Å². The molecular weight excluding hydrogens is 356 g/mol. The van der Waals surface area contributed by atoms with Gasteiger partial charge in [0.2, 0.25) is 5.91 Å². The van der Waals surface area contributed by atoms with Crippen molar-refractivity contribution in [1.82, 2.24) is 0 Å². The average Bonchev–Trinajstić information content (AvgIpc) is 3.03. The number of anilines is 1. The van der Waals surface area contributed by atoms with Gasteiger partial charge in [-0.2, -0.15) is 0 Å². The van der Waals surface area contributed by atoms with Crippen molar-refractivity contribution in [3.05, 3.63) is 62.7 Å². The number of amides is 1. The Kier molecular flexibility index (Phi) is 5.42. The third kappa shape index (κ3) is 3.96. The van der Waals surface area contributed by atoms with Gasteiger partial charge in [-0.25, -0.2) is 0 Å². The number of halogens is 1. The number of rotatable bonds is 6. The van der Waals surface area contributed by atoms with E-state index in [0.717, 1.165) is 23.3 Å². The van der Waals surface area contributed by atoms with Gasteiger partial charge in [-0.1, -0.05) is 17.7 Å². The van der Waals surface area contributed by atoms with Crippen molar-refractivity contribution < 1.29 is 14.5 Å². The van der Waals surface area contributed by atoms with E-state index in [1.165, 1.54) is 12.1 Å². The van der Waals surface area contributed by atoms with Gasteiger partial charge in [-0.05, 0) is 49.1 Å². The summed E-state index contributed by atoms with van der Waals surface area (Å²) >= 11 is 5.92. The number of non-ortho nitro benzene ring substituents is 1. The zero-order chi connectivity index (χ0) is 18.7. The van der Waals surface area contributed by atoms with Crippen LogP contribution in [0.1, 0.15) is 24.0 Å². The second-order valence-electron chi connectivity index (χ2n) is 6.23. The lowest BCUT2D eigenvalue weighted by molar-refractivity contribution is -0.384. The summed E-state index contributed by atoms with van der Waals surface area (Å²) in [5, 5.41) is 11.6. The Morgan fingerprint density at radius 2 is 2.12 bits per heavy atom. The lowest BCUT2D eigenvalue weighted by Crippen LogP contribution is -2.29. The van der Waals surface area contributed by atoms with Crippen LogP contribution in [0.5, 0.6) is 5.75 Å². The summed E-state index contributed by atoms with van der Waals surface area (Å²) in [7, 11) is 0. The highest BCUT2D eigenvalue weighted by molar-refractivity contribution is 6.30. The molecule has 0 aliphatic carbocycles. The van der Waals surface area contributed by atoms with E-state index >= 15 is 0 Å². The van der Waals surface area contributed by atoms with Crippen molar-refractivity contribution in [3.8, 4) is 5.75 Å². The largest absolute Gasteiger partial charge is 0.493 e. The maximum Gasteiger partial charge on any atom is 0.271 e. The molecule has 0 unspecified atom stereocenters. The van der Waals surface area contributed by atoms with Gasteiger partial charge < -0.3 is 9.64 Å². The molecule has 0 fully saturated rings. The molecule has 0 bridgehead atoms. The van der Waals surface area contributed by atoms with Crippen LogP contribution in [-0.2, 0) is 11.2 Å². The standard InChI is InChI=1S/C19H19ClN2O4/c1-13-11-15(20)5-7-18(13)26-10-2-3-19(23)21-9-8-14-4-6-16(22(24)25)12-17(14)21/h4-7,11-12H,2-3,8-10H2,1H3. The van der Waals surface area contributed by atoms with Crippen LogP contribution in [-0.4, -0.2) is 24.0 Å². The molecule has 2 aromatic rings. The minimum atomic E-state index is -0.441. The maximum absolute atomic E-state index is 12.5. The highest BCUT2D eigenvalue weighted by Crippen LogP contribution is 2.32. The van der Waals surface area contributed by atoms with E-state index in [1.807, 2.05) is 19.1 Å². The van der Waals surface area contributed by atoms with E-state index < -0.39 is 4.92 Å². The molecule has 0 atom stereocenters. The Hall–Kier alpha value is -2.60. The summed E-state index contributed by atoms with van der Waals surface area (Å²) in [6, 6.07) is 10.1. The smallest absolute Gasteiger partial charge is 0.271 e. The van der Waals surface area contributed by atoms with Gasteiger partial charge in [0, 0.05) is 30.1 Å². The molecule has 1 aliphatic heterocycles. The first-order valence-corrected chi connectivity index (χ1v) is 8.80.